The molecule has 1 saturated heterocycles. The van der Waals surface area contributed by atoms with Gasteiger partial charge in [0.2, 0.25) is 5.91 Å². The number of aryl methyl sites for hydroxylation is 2. The van der Waals surface area contributed by atoms with Crippen LogP contribution >= 0.6 is 0 Å². The first-order chi connectivity index (χ1) is 12.4. The van der Waals surface area contributed by atoms with E-state index in [-0.39, 0.29) is 11.9 Å². The number of para-hydroxylation sites is 1. The molecule has 0 spiro atoms. The lowest BCUT2D eigenvalue weighted by Crippen LogP contribution is -2.47. The lowest BCUT2D eigenvalue weighted by molar-refractivity contribution is -0.137. The summed E-state index contributed by atoms with van der Waals surface area (Å²) in [6.45, 7) is 10.2. The fraction of sp³-hybridized carbons (Fsp3) is 0.619. The van der Waals surface area contributed by atoms with Crippen LogP contribution in [0.2, 0.25) is 0 Å². The van der Waals surface area contributed by atoms with E-state index in [0.717, 1.165) is 55.6 Å². The van der Waals surface area contributed by atoms with E-state index in [4.69, 9.17) is 5.11 Å². The molecule has 1 aromatic carbocycles. The fourth-order valence-electron chi connectivity index (χ4n) is 3.27. The van der Waals surface area contributed by atoms with Gasteiger partial charge < -0.3 is 10.4 Å². The van der Waals surface area contributed by atoms with Crippen LogP contribution in [0.3, 0.4) is 0 Å². The van der Waals surface area contributed by atoms with Crippen LogP contribution in [0.15, 0.2) is 18.2 Å². The zero-order valence-corrected chi connectivity index (χ0v) is 16.7. The summed E-state index contributed by atoms with van der Waals surface area (Å²) in [4.78, 5) is 24.5. The van der Waals surface area contributed by atoms with E-state index in [0.29, 0.717) is 6.42 Å². The van der Waals surface area contributed by atoms with E-state index in [1.807, 2.05) is 39.0 Å². The Morgan fingerprint density at radius 1 is 1.15 bits per heavy atom. The average molecular weight is 363 g/mol. The van der Waals surface area contributed by atoms with Crippen LogP contribution in [-0.4, -0.2) is 41.0 Å². The molecule has 0 radical (unpaired) electrons. The number of benzene rings is 1. The predicted octanol–water partition coefficient (Wildman–Crippen LogP) is 4.38. The standard InChI is InChI=1S/C17H26N2O.C4H8O2/c1-4-11-19-12-6-5-10-15(19)17(20)18-16-13(2)8-7-9-14(16)3;1-2-3-4(5)6/h7-9,15H,4-6,10-12H2,1-3H3,(H,18,20);2-3H2,1H3,(H,5,6)/t15-;/m0./s1. The topological polar surface area (TPSA) is 69.6 Å². The van der Waals surface area contributed by atoms with Crippen molar-refractivity contribution in [1.29, 1.82) is 0 Å². The number of amides is 1. The number of carboxylic acid groups (broad SMARTS) is 1. The van der Waals surface area contributed by atoms with E-state index in [2.05, 4.69) is 17.1 Å². The molecule has 5 heteroatoms. The van der Waals surface area contributed by atoms with Gasteiger partial charge in [0.25, 0.3) is 0 Å². The lowest BCUT2D eigenvalue weighted by atomic mass is 10.0. The number of nitrogens with one attached hydrogen (secondary N) is 1. The molecule has 0 bridgehead atoms. The zero-order chi connectivity index (χ0) is 19.5. The number of anilines is 1. The molecule has 26 heavy (non-hydrogen) atoms. The van der Waals surface area contributed by atoms with Gasteiger partial charge in [-0.2, -0.15) is 0 Å². The van der Waals surface area contributed by atoms with Crippen LogP contribution in [0.1, 0.15) is 63.5 Å². The van der Waals surface area contributed by atoms with Crippen LogP contribution < -0.4 is 5.32 Å². The van der Waals surface area contributed by atoms with Crippen LogP contribution in [0, 0.1) is 13.8 Å². The fourth-order valence-corrected chi connectivity index (χ4v) is 3.27. The highest BCUT2D eigenvalue weighted by atomic mass is 16.4. The number of carboxylic acids is 1. The highest BCUT2D eigenvalue weighted by molar-refractivity contribution is 5.96. The largest absolute Gasteiger partial charge is 0.481 e. The number of carbonyl (C=O) groups excluding carboxylic acids is 1. The van der Waals surface area contributed by atoms with Crippen LogP contribution in [0.25, 0.3) is 0 Å². The van der Waals surface area contributed by atoms with Crippen molar-refractivity contribution in [3.63, 3.8) is 0 Å². The molecule has 2 N–H and O–H groups in total. The van der Waals surface area contributed by atoms with Crippen molar-refractivity contribution in [3.8, 4) is 0 Å². The number of hydrogen-bond acceptors (Lipinski definition) is 3. The maximum absolute atomic E-state index is 12.6. The average Bonchev–Trinajstić information content (AvgIpc) is 2.59. The quantitative estimate of drug-likeness (QED) is 0.788. The number of nitrogens with zero attached hydrogens (tertiary/aromatic N) is 1. The minimum atomic E-state index is -0.711. The lowest BCUT2D eigenvalue weighted by Gasteiger charge is -2.34. The van der Waals surface area contributed by atoms with Crippen molar-refractivity contribution in [3.05, 3.63) is 29.3 Å². The molecule has 1 aromatic rings. The molecular formula is C21H34N2O3. The predicted molar refractivity (Wildman–Crippen MR) is 107 cm³/mol. The summed E-state index contributed by atoms with van der Waals surface area (Å²) in [5, 5.41) is 11.1. The van der Waals surface area contributed by atoms with Gasteiger partial charge in [0.15, 0.2) is 0 Å². The molecule has 1 aliphatic rings. The first kappa shape index (κ1) is 22.2. The number of hydrogen-bond donors (Lipinski definition) is 2. The smallest absolute Gasteiger partial charge is 0.303 e. The molecular weight excluding hydrogens is 328 g/mol. The molecule has 1 aliphatic heterocycles. The Bertz CT molecular complexity index is 564. The summed E-state index contributed by atoms with van der Waals surface area (Å²) in [7, 11) is 0. The number of likely N-dealkylation sites (tertiary alicyclic amines) is 1. The monoisotopic (exact) mass is 362 g/mol. The molecule has 0 unspecified atom stereocenters. The minimum Gasteiger partial charge on any atom is -0.481 e. The van der Waals surface area contributed by atoms with Gasteiger partial charge in [-0.15, -0.1) is 0 Å². The van der Waals surface area contributed by atoms with E-state index in [1.165, 1.54) is 6.42 Å². The zero-order valence-electron chi connectivity index (χ0n) is 16.7. The Hall–Kier alpha value is -1.88. The van der Waals surface area contributed by atoms with Crippen LogP contribution in [0.4, 0.5) is 5.69 Å². The third-order valence-electron chi connectivity index (χ3n) is 4.62. The van der Waals surface area contributed by atoms with Gasteiger partial charge in [0.05, 0.1) is 6.04 Å². The Kier molecular flexibility index (Phi) is 9.96. The van der Waals surface area contributed by atoms with Crippen molar-refractivity contribution in [1.82, 2.24) is 4.90 Å². The third-order valence-corrected chi connectivity index (χ3v) is 4.62. The molecule has 1 amide bonds. The van der Waals surface area contributed by atoms with Gasteiger partial charge in [-0.25, -0.2) is 0 Å². The second kappa shape index (κ2) is 11.7. The second-order valence-electron chi connectivity index (χ2n) is 6.95. The van der Waals surface area contributed by atoms with E-state index in [1.54, 1.807) is 0 Å². The Labute approximate surface area is 157 Å². The first-order valence-corrected chi connectivity index (χ1v) is 9.73. The summed E-state index contributed by atoms with van der Waals surface area (Å²) in [6, 6.07) is 6.17. The molecule has 1 atom stereocenters. The second-order valence-corrected chi connectivity index (χ2v) is 6.95. The normalized spacial score (nSPS) is 17.2. The maximum Gasteiger partial charge on any atom is 0.303 e. The summed E-state index contributed by atoms with van der Waals surface area (Å²) >= 11 is 0. The van der Waals surface area contributed by atoms with Crippen LogP contribution in [-0.2, 0) is 9.59 Å². The van der Waals surface area contributed by atoms with E-state index < -0.39 is 5.97 Å². The van der Waals surface area contributed by atoms with Gasteiger partial charge >= 0.3 is 5.97 Å². The summed E-state index contributed by atoms with van der Waals surface area (Å²) in [5.41, 5.74) is 3.26. The van der Waals surface area contributed by atoms with Gasteiger partial charge in [-0.05, 0) is 63.7 Å². The van der Waals surface area contributed by atoms with Crippen molar-refractivity contribution >= 4 is 17.6 Å². The summed E-state index contributed by atoms with van der Waals surface area (Å²) < 4.78 is 0. The SMILES string of the molecule is CCCC(=O)O.CCCN1CCCC[C@H]1C(=O)Nc1c(C)cccc1C. The van der Waals surface area contributed by atoms with E-state index in [9.17, 15) is 9.59 Å². The van der Waals surface area contributed by atoms with Crippen LogP contribution in [0.5, 0.6) is 0 Å². The van der Waals surface area contributed by atoms with E-state index >= 15 is 0 Å². The maximum atomic E-state index is 12.6. The number of rotatable bonds is 6. The third kappa shape index (κ3) is 7.16. The Balaban J connectivity index is 0.000000487. The summed E-state index contributed by atoms with van der Waals surface area (Å²) in [6.07, 6.45) is 5.48. The molecule has 0 aromatic heterocycles. The molecule has 1 heterocycles. The first-order valence-electron chi connectivity index (χ1n) is 9.73. The van der Waals surface area contributed by atoms with Crippen molar-refractivity contribution in [2.24, 2.45) is 0 Å². The minimum absolute atomic E-state index is 0.0442. The van der Waals surface area contributed by atoms with Gasteiger partial charge in [-0.1, -0.05) is 38.5 Å². The highest BCUT2D eigenvalue weighted by Gasteiger charge is 2.28. The Morgan fingerprint density at radius 3 is 2.31 bits per heavy atom. The molecule has 146 valence electrons. The highest BCUT2D eigenvalue weighted by Crippen LogP contribution is 2.23. The molecule has 0 aliphatic carbocycles. The van der Waals surface area contributed by atoms with Crippen molar-refractivity contribution < 1.29 is 14.7 Å². The van der Waals surface area contributed by atoms with Crippen molar-refractivity contribution in [2.45, 2.75) is 72.3 Å². The van der Waals surface area contributed by atoms with Gasteiger partial charge in [0, 0.05) is 12.1 Å². The Morgan fingerprint density at radius 2 is 1.81 bits per heavy atom. The van der Waals surface area contributed by atoms with Gasteiger partial charge in [0.1, 0.15) is 0 Å². The number of piperidine rings is 1. The number of aliphatic carboxylic acids is 1. The molecule has 2 rings (SSSR count). The number of carbonyl (C=O) groups is 2. The van der Waals surface area contributed by atoms with Gasteiger partial charge in [-0.3, -0.25) is 14.5 Å². The summed E-state index contributed by atoms with van der Waals surface area (Å²) in [5.74, 6) is -0.548. The molecule has 5 nitrogen and oxygen atoms in total. The molecule has 1 fully saturated rings. The molecule has 0 saturated carbocycles. The van der Waals surface area contributed by atoms with Crippen molar-refractivity contribution in [2.75, 3.05) is 18.4 Å².